The monoisotopic (exact) mass is 417 g/mol. The maximum atomic E-state index is 12.5. The molecule has 8 nitrogen and oxygen atoms in total. The van der Waals surface area contributed by atoms with E-state index >= 15 is 0 Å². The van der Waals surface area contributed by atoms with Crippen molar-refractivity contribution < 1.29 is 22.7 Å². The normalized spacial score (nSPS) is 15.6. The molecule has 0 unspecified atom stereocenters. The lowest BCUT2D eigenvalue weighted by molar-refractivity contribution is -0.122. The average molecular weight is 417 g/mol. The predicted molar refractivity (Wildman–Crippen MR) is 108 cm³/mol. The molecule has 1 heterocycles. The predicted octanol–water partition coefficient (Wildman–Crippen LogP) is 1.98. The number of hydrogen-bond acceptors (Lipinski definition) is 5. The molecule has 3 N–H and O–H groups in total. The van der Waals surface area contributed by atoms with E-state index in [1.165, 1.54) is 34.6 Å². The van der Waals surface area contributed by atoms with E-state index in [1.54, 1.807) is 25.1 Å². The third-order valence-corrected chi connectivity index (χ3v) is 6.56. The first-order chi connectivity index (χ1) is 13.8. The highest BCUT2D eigenvalue weighted by molar-refractivity contribution is 7.89. The van der Waals surface area contributed by atoms with Crippen molar-refractivity contribution in [2.45, 2.75) is 30.8 Å². The average Bonchev–Trinajstić information content (AvgIpc) is 3.24. The molecular formula is C20H23N3O5S. The molecule has 1 fully saturated rings. The Labute approximate surface area is 169 Å². The van der Waals surface area contributed by atoms with E-state index in [0.29, 0.717) is 18.8 Å². The van der Waals surface area contributed by atoms with Crippen LogP contribution in [0, 0.1) is 0 Å². The van der Waals surface area contributed by atoms with E-state index in [2.05, 4.69) is 5.32 Å². The van der Waals surface area contributed by atoms with Gasteiger partial charge in [0, 0.05) is 18.8 Å². The number of anilines is 1. The summed E-state index contributed by atoms with van der Waals surface area (Å²) in [5, 5.41) is 2.67. The van der Waals surface area contributed by atoms with Gasteiger partial charge in [0.15, 0.2) is 6.10 Å². The Morgan fingerprint density at radius 2 is 1.69 bits per heavy atom. The second-order valence-electron chi connectivity index (χ2n) is 6.75. The highest BCUT2D eigenvalue weighted by atomic mass is 32.2. The van der Waals surface area contributed by atoms with E-state index in [0.717, 1.165) is 12.8 Å². The number of ether oxygens (including phenoxy) is 1. The van der Waals surface area contributed by atoms with Crippen LogP contribution in [0.25, 0.3) is 0 Å². The molecule has 154 valence electrons. The molecule has 1 aliphatic heterocycles. The van der Waals surface area contributed by atoms with Crippen molar-refractivity contribution >= 4 is 27.5 Å². The van der Waals surface area contributed by atoms with Crippen LogP contribution in [0.5, 0.6) is 5.75 Å². The number of nitrogens with zero attached hydrogens (tertiary/aromatic N) is 1. The summed E-state index contributed by atoms with van der Waals surface area (Å²) in [5.74, 6) is -0.878. The molecule has 1 aliphatic rings. The van der Waals surface area contributed by atoms with Crippen LogP contribution in [0.15, 0.2) is 53.4 Å². The highest BCUT2D eigenvalue weighted by Crippen LogP contribution is 2.23. The highest BCUT2D eigenvalue weighted by Gasteiger charge is 2.27. The number of primary amides is 1. The molecule has 0 aromatic heterocycles. The number of carbonyl (C=O) groups is 2. The van der Waals surface area contributed by atoms with Crippen molar-refractivity contribution in [3.05, 3.63) is 54.1 Å². The molecule has 3 rings (SSSR count). The number of carbonyl (C=O) groups excluding carboxylic acids is 2. The molecule has 0 bridgehead atoms. The number of benzene rings is 2. The Hall–Kier alpha value is -2.91. The van der Waals surface area contributed by atoms with Gasteiger partial charge < -0.3 is 15.8 Å². The van der Waals surface area contributed by atoms with Gasteiger partial charge in [0.1, 0.15) is 5.75 Å². The lowest BCUT2D eigenvalue weighted by atomic mass is 10.2. The van der Waals surface area contributed by atoms with Crippen LogP contribution in [0.3, 0.4) is 0 Å². The lowest BCUT2D eigenvalue weighted by Crippen LogP contribution is -2.31. The molecule has 0 saturated carbocycles. The van der Waals surface area contributed by atoms with Crippen LogP contribution in [-0.4, -0.2) is 43.7 Å². The first-order valence-electron chi connectivity index (χ1n) is 9.25. The van der Waals surface area contributed by atoms with Crippen LogP contribution >= 0.6 is 0 Å². The van der Waals surface area contributed by atoms with Crippen molar-refractivity contribution in [2.75, 3.05) is 18.4 Å². The Bertz CT molecular complexity index is 999. The van der Waals surface area contributed by atoms with E-state index in [-0.39, 0.29) is 16.2 Å². The number of para-hydroxylation sites is 1. The van der Waals surface area contributed by atoms with Gasteiger partial charge in [-0.25, -0.2) is 8.42 Å². The maximum absolute atomic E-state index is 12.5. The third-order valence-electron chi connectivity index (χ3n) is 4.65. The van der Waals surface area contributed by atoms with Crippen LogP contribution in [0.1, 0.15) is 30.1 Å². The van der Waals surface area contributed by atoms with Gasteiger partial charge in [-0.1, -0.05) is 12.1 Å². The van der Waals surface area contributed by atoms with Gasteiger partial charge in [0.05, 0.1) is 10.5 Å². The second-order valence-corrected chi connectivity index (χ2v) is 8.68. The third kappa shape index (κ3) is 4.75. The van der Waals surface area contributed by atoms with Crippen molar-refractivity contribution in [3.8, 4) is 5.75 Å². The van der Waals surface area contributed by atoms with Gasteiger partial charge in [0.25, 0.3) is 11.8 Å². The van der Waals surface area contributed by atoms with Gasteiger partial charge in [-0.15, -0.1) is 0 Å². The van der Waals surface area contributed by atoms with Crippen molar-refractivity contribution in [2.24, 2.45) is 5.73 Å². The molecule has 29 heavy (non-hydrogen) atoms. The smallest absolute Gasteiger partial charge is 0.265 e. The van der Waals surface area contributed by atoms with Crippen LogP contribution in [-0.2, 0) is 14.8 Å². The van der Waals surface area contributed by atoms with Crippen LogP contribution in [0.2, 0.25) is 0 Å². The number of rotatable bonds is 7. The zero-order valence-corrected chi connectivity index (χ0v) is 16.8. The van der Waals surface area contributed by atoms with Crippen LogP contribution in [0.4, 0.5) is 5.69 Å². The summed E-state index contributed by atoms with van der Waals surface area (Å²) in [6.07, 6.45) is 0.831. The van der Waals surface area contributed by atoms with Gasteiger partial charge >= 0.3 is 0 Å². The first-order valence-corrected chi connectivity index (χ1v) is 10.7. The quantitative estimate of drug-likeness (QED) is 0.714. The molecular weight excluding hydrogens is 394 g/mol. The zero-order chi connectivity index (χ0) is 21.0. The fourth-order valence-corrected chi connectivity index (χ4v) is 4.57. The molecule has 2 aromatic carbocycles. The van der Waals surface area contributed by atoms with Gasteiger partial charge in [-0.05, 0) is 56.2 Å². The zero-order valence-electron chi connectivity index (χ0n) is 16.0. The van der Waals surface area contributed by atoms with E-state index in [9.17, 15) is 18.0 Å². The minimum absolute atomic E-state index is 0.184. The van der Waals surface area contributed by atoms with E-state index in [1.807, 2.05) is 0 Å². The number of sulfonamides is 1. The Morgan fingerprint density at radius 3 is 2.31 bits per heavy atom. The van der Waals surface area contributed by atoms with Gasteiger partial charge in [-0.3, -0.25) is 9.59 Å². The number of amides is 2. The van der Waals surface area contributed by atoms with Crippen molar-refractivity contribution in [1.29, 1.82) is 0 Å². The summed E-state index contributed by atoms with van der Waals surface area (Å²) in [7, 11) is -3.50. The summed E-state index contributed by atoms with van der Waals surface area (Å²) in [5.41, 5.74) is 5.94. The SMILES string of the molecule is C[C@H](Oc1ccccc1C(N)=O)C(=O)Nc1ccc(S(=O)(=O)N2CCCC2)cc1. The minimum Gasteiger partial charge on any atom is -0.480 e. The fraction of sp³-hybridized carbons (Fsp3) is 0.300. The standard InChI is InChI=1S/C20H23N3O5S/c1-14(28-18-7-3-2-6-17(18)19(21)24)20(25)22-15-8-10-16(11-9-15)29(26,27)23-12-4-5-13-23/h2-3,6-11,14H,4-5,12-13H2,1H3,(H2,21,24)(H,22,25)/t14-/m0/s1. The fourth-order valence-electron chi connectivity index (χ4n) is 3.05. The van der Waals surface area contributed by atoms with Gasteiger partial charge in [0.2, 0.25) is 10.0 Å². The van der Waals surface area contributed by atoms with Crippen molar-refractivity contribution in [1.82, 2.24) is 4.31 Å². The molecule has 1 saturated heterocycles. The number of hydrogen-bond donors (Lipinski definition) is 2. The number of nitrogens with two attached hydrogens (primary N) is 1. The Kier molecular flexibility index (Phi) is 6.19. The largest absolute Gasteiger partial charge is 0.480 e. The topological polar surface area (TPSA) is 119 Å². The molecule has 2 amide bonds. The van der Waals surface area contributed by atoms with E-state index < -0.39 is 27.9 Å². The molecule has 0 radical (unpaired) electrons. The summed E-state index contributed by atoms with van der Waals surface area (Å²) >= 11 is 0. The van der Waals surface area contributed by atoms with Gasteiger partial charge in [-0.2, -0.15) is 4.31 Å². The molecule has 2 aromatic rings. The lowest BCUT2D eigenvalue weighted by Gasteiger charge is -2.17. The molecule has 1 atom stereocenters. The first kappa shape index (κ1) is 20.8. The minimum atomic E-state index is -3.50. The summed E-state index contributed by atoms with van der Waals surface area (Å²) in [6.45, 7) is 2.60. The van der Waals surface area contributed by atoms with Crippen molar-refractivity contribution in [3.63, 3.8) is 0 Å². The summed E-state index contributed by atoms with van der Waals surface area (Å²) in [6, 6.07) is 12.4. The number of nitrogens with one attached hydrogen (secondary N) is 1. The second kappa shape index (κ2) is 8.62. The molecule has 9 heteroatoms. The van der Waals surface area contributed by atoms with Crippen LogP contribution < -0.4 is 15.8 Å². The molecule has 0 spiro atoms. The van der Waals surface area contributed by atoms with E-state index in [4.69, 9.17) is 10.5 Å². The summed E-state index contributed by atoms with van der Waals surface area (Å²) in [4.78, 5) is 24.1. The molecule has 0 aliphatic carbocycles. The summed E-state index contributed by atoms with van der Waals surface area (Å²) < 4.78 is 32.1. The Balaban J connectivity index is 1.65. The maximum Gasteiger partial charge on any atom is 0.265 e. The Morgan fingerprint density at radius 1 is 1.07 bits per heavy atom.